The van der Waals surface area contributed by atoms with Crippen molar-refractivity contribution in [1.29, 1.82) is 0 Å². The summed E-state index contributed by atoms with van der Waals surface area (Å²) < 4.78 is 36.8. The average Bonchev–Trinajstić information content (AvgIpc) is 2.79. The Hall–Kier alpha value is -1.43. The molecule has 3 unspecified atom stereocenters. The predicted molar refractivity (Wildman–Crippen MR) is 146 cm³/mol. The minimum atomic E-state index is -3.58. The number of hydrogen-bond acceptors (Lipinski definition) is 7. The smallest absolute Gasteiger partial charge is 0.255 e. The number of sulfonamides is 1. The molecule has 0 fully saturated rings. The molecule has 5 N–H and O–H groups in total. The third kappa shape index (κ3) is 11.7. The van der Waals surface area contributed by atoms with Crippen LogP contribution in [0.2, 0.25) is 0 Å². The van der Waals surface area contributed by atoms with Crippen LogP contribution in [-0.4, -0.2) is 69.7 Å². The highest BCUT2D eigenvalue weighted by Gasteiger charge is 2.30. The molecule has 0 heterocycles. The quantitative estimate of drug-likeness (QED) is 0.231. The Morgan fingerprint density at radius 2 is 1.72 bits per heavy atom. The van der Waals surface area contributed by atoms with Gasteiger partial charge in [0.15, 0.2) is 0 Å². The van der Waals surface area contributed by atoms with Crippen molar-refractivity contribution >= 4 is 28.3 Å². The van der Waals surface area contributed by atoms with Crippen LogP contribution in [0.4, 0.5) is 0 Å². The van der Waals surface area contributed by atoms with Crippen LogP contribution in [0.3, 0.4) is 0 Å². The highest BCUT2D eigenvalue weighted by atomic mass is 35.5. The maximum absolute atomic E-state index is 12.9. The van der Waals surface area contributed by atoms with Gasteiger partial charge in [0, 0.05) is 32.8 Å². The third-order valence-electron chi connectivity index (χ3n) is 5.96. The molecule has 9 nitrogen and oxygen atoms in total. The lowest BCUT2D eigenvalue weighted by molar-refractivity contribution is 0.0928. The largest absolute Gasteiger partial charge is 0.493 e. The van der Waals surface area contributed by atoms with Crippen molar-refractivity contribution in [3.63, 3.8) is 0 Å². The number of amides is 1. The van der Waals surface area contributed by atoms with E-state index in [0.29, 0.717) is 37.5 Å². The number of halogens is 1. The molecule has 0 bridgehead atoms. The van der Waals surface area contributed by atoms with E-state index in [1.807, 2.05) is 19.9 Å². The number of methoxy groups -OCH3 is 1. The lowest BCUT2D eigenvalue weighted by Crippen LogP contribution is -2.48. The second-order valence-electron chi connectivity index (χ2n) is 10.2. The zero-order valence-electron chi connectivity index (χ0n) is 22.5. The van der Waals surface area contributed by atoms with Gasteiger partial charge in [-0.15, -0.1) is 12.4 Å². The number of aliphatic hydroxyl groups is 1. The molecule has 1 rings (SSSR count). The van der Waals surface area contributed by atoms with E-state index >= 15 is 0 Å². The summed E-state index contributed by atoms with van der Waals surface area (Å²) in [7, 11) is -1.92. The summed E-state index contributed by atoms with van der Waals surface area (Å²) in [4.78, 5) is 12.9. The molecule has 0 radical (unpaired) electrons. The zero-order chi connectivity index (χ0) is 26.6. The second kappa shape index (κ2) is 16.4. The summed E-state index contributed by atoms with van der Waals surface area (Å²) >= 11 is 0. The van der Waals surface area contributed by atoms with Crippen molar-refractivity contribution in [1.82, 2.24) is 10.0 Å². The fourth-order valence-electron chi connectivity index (χ4n) is 3.29. The minimum Gasteiger partial charge on any atom is -0.493 e. The molecule has 0 saturated heterocycles. The SMILES string of the molecule is COCCCCOc1ccccc1C(=O)NCC(CC(N)C(O)CNS(=O)(=O)C(C)(C)C)C(C)C.Cl. The van der Waals surface area contributed by atoms with E-state index < -0.39 is 26.9 Å². The molecule has 0 aliphatic rings. The number of aliphatic hydroxyl groups excluding tert-OH is 1. The number of benzene rings is 1. The standard InChI is InChI=1S/C25H45N3O6S.ClH/c1-18(2)19(15-21(26)22(29)17-28-35(31,32)25(3,4)5)16-27-24(30)20-11-7-8-12-23(20)34-14-10-9-13-33-6;/h7-8,11-12,18-19,21-22,28-29H,9-10,13-17,26H2,1-6H3,(H,27,30);1H. The van der Waals surface area contributed by atoms with E-state index in [1.54, 1.807) is 46.1 Å². The number of carbonyl (C=O) groups is 1. The zero-order valence-corrected chi connectivity index (χ0v) is 24.1. The normalized spacial score (nSPS) is 14.6. The minimum absolute atomic E-state index is 0. The van der Waals surface area contributed by atoms with Crippen LogP contribution in [0.5, 0.6) is 5.75 Å². The summed E-state index contributed by atoms with van der Waals surface area (Å²) in [5.41, 5.74) is 6.66. The van der Waals surface area contributed by atoms with Gasteiger partial charge in [0.25, 0.3) is 5.91 Å². The molecular formula is C25H46ClN3O6S. The molecule has 1 amide bonds. The van der Waals surface area contributed by atoms with Crippen LogP contribution in [0.1, 0.15) is 64.2 Å². The molecule has 0 spiro atoms. The first-order valence-electron chi connectivity index (χ1n) is 12.2. The van der Waals surface area contributed by atoms with Crippen molar-refractivity contribution in [2.45, 2.75) is 70.8 Å². The van der Waals surface area contributed by atoms with Crippen molar-refractivity contribution in [3.05, 3.63) is 29.8 Å². The van der Waals surface area contributed by atoms with Gasteiger partial charge in [0.2, 0.25) is 10.0 Å². The van der Waals surface area contributed by atoms with Gasteiger partial charge in [-0.3, -0.25) is 4.79 Å². The van der Waals surface area contributed by atoms with E-state index in [0.717, 1.165) is 12.8 Å². The van der Waals surface area contributed by atoms with Crippen LogP contribution in [0, 0.1) is 11.8 Å². The summed E-state index contributed by atoms with van der Waals surface area (Å²) in [6, 6.07) is 6.46. The second-order valence-corrected chi connectivity index (χ2v) is 12.7. The van der Waals surface area contributed by atoms with Gasteiger partial charge in [0.1, 0.15) is 5.75 Å². The van der Waals surface area contributed by atoms with Gasteiger partial charge < -0.3 is 25.6 Å². The molecule has 3 atom stereocenters. The Balaban J connectivity index is 0.0000122. The lowest BCUT2D eigenvalue weighted by Gasteiger charge is -2.28. The monoisotopic (exact) mass is 551 g/mol. The summed E-state index contributed by atoms with van der Waals surface area (Å²) in [6.07, 6.45) is 1.08. The molecule has 0 aliphatic carbocycles. The van der Waals surface area contributed by atoms with Crippen molar-refractivity contribution in [2.75, 3.05) is 33.4 Å². The van der Waals surface area contributed by atoms with Crippen LogP contribution in [-0.2, 0) is 14.8 Å². The number of nitrogens with one attached hydrogen (secondary N) is 2. The topological polar surface area (TPSA) is 140 Å². The van der Waals surface area contributed by atoms with E-state index in [2.05, 4.69) is 10.0 Å². The van der Waals surface area contributed by atoms with Gasteiger partial charge in [-0.2, -0.15) is 0 Å². The van der Waals surface area contributed by atoms with Gasteiger partial charge in [-0.25, -0.2) is 13.1 Å². The molecule has 0 saturated carbocycles. The van der Waals surface area contributed by atoms with E-state index in [1.165, 1.54) is 0 Å². The van der Waals surface area contributed by atoms with Crippen LogP contribution in [0.15, 0.2) is 24.3 Å². The predicted octanol–water partition coefficient (Wildman–Crippen LogP) is 2.71. The summed E-state index contributed by atoms with van der Waals surface area (Å²) in [5.74, 6) is 0.467. The fraction of sp³-hybridized carbons (Fsp3) is 0.720. The number of hydrogen-bond donors (Lipinski definition) is 4. The number of unbranched alkanes of at least 4 members (excludes halogenated alkanes) is 1. The first-order chi connectivity index (χ1) is 16.3. The van der Waals surface area contributed by atoms with E-state index in [4.69, 9.17) is 15.2 Å². The number of nitrogens with two attached hydrogens (primary N) is 1. The Kier molecular flexibility index (Phi) is 15.8. The Labute approximate surface area is 223 Å². The number of carbonyl (C=O) groups excluding carboxylic acids is 1. The lowest BCUT2D eigenvalue weighted by atomic mass is 9.87. The van der Waals surface area contributed by atoms with Crippen LogP contribution < -0.4 is 20.5 Å². The number of rotatable bonds is 16. The Morgan fingerprint density at radius 1 is 1.11 bits per heavy atom. The van der Waals surface area contributed by atoms with Gasteiger partial charge >= 0.3 is 0 Å². The van der Waals surface area contributed by atoms with Gasteiger partial charge in [-0.05, 0) is 64.0 Å². The molecule has 11 heteroatoms. The Morgan fingerprint density at radius 3 is 2.31 bits per heavy atom. The molecule has 0 aliphatic heterocycles. The van der Waals surface area contributed by atoms with Crippen molar-refractivity contribution < 1.29 is 27.8 Å². The highest BCUT2D eigenvalue weighted by molar-refractivity contribution is 7.90. The van der Waals surface area contributed by atoms with Crippen molar-refractivity contribution in [3.8, 4) is 5.75 Å². The van der Waals surface area contributed by atoms with E-state index in [9.17, 15) is 18.3 Å². The maximum atomic E-state index is 12.9. The highest BCUT2D eigenvalue weighted by Crippen LogP contribution is 2.21. The Bertz CT molecular complexity index is 877. The first kappa shape index (κ1) is 34.6. The summed E-state index contributed by atoms with van der Waals surface area (Å²) in [6.45, 7) is 10.2. The first-order valence-corrected chi connectivity index (χ1v) is 13.7. The van der Waals surface area contributed by atoms with Gasteiger partial charge in [-0.1, -0.05) is 26.0 Å². The fourth-order valence-corrected chi connectivity index (χ4v) is 4.11. The maximum Gasteiger partial charge on any atom is 0.255 e. The molecule has 1 aromatic carbocycles. The van der Waals surface area contributed by atoms with Crippen molar-refractivity contribution in [2.24, 2.45) is 17.6 Å². The van der Waals surface area contributed by atoms with E-state index in [-0.39, 0.29) is 36.7 Å². The van der Waals surface area contributed by atoms with Gasteiger partial charge in [0.05, 0.1) is 23.0 Å². The number of para-hydroxylation sites is 1. The van der Waals surface area contributed by atoms with Crippen LogP contribution in [0.25, 0.3) is 0 Å². The molecular weight excluding hydrogens is 506 g/mol. The molecule has 210 valence electrons. The average molecular weight is 552 g/mol. The molecule has 1 aromatic rings. The third-order valence-corrected chi connectivity index (χ3v) is 8.12. The number of ether oxygens (including phenoxy) is 2. The molecule has 0 aromatic heterocycles. The van der Waals surface area contributed by atoms with Crippen LogP contribution >= 0.6 is 12.4 Å². The summed E-state index contributed by atoms with van der Waals surface area (Å²) in [5, 5.41) is 13.4. The molecule has 36 heavy (non-hydrogen) atoms.